The van der Waals surface area contributed by atoms with Crippen LogP contribution < -0.4 is 5.32 Å². The highest BCUT2D eigenvalue weighted by Crippen LogP contribution is 2.13. The first-order chi connectivity index (χ1) is 12.8. The van der Waals surface area contributed by atoms with E-state index in [0.717, 1.165) is 11.7 Å². The summed E-state index contributed by atoms with van der Waals surface area (Å²) in [6.07, 6.45) is 22.3. The lowest BCUT2D eigenvalue weighted by Gasteiger charge is -2.23. The van der Waals surface area contributed by atoms with Gasteiger partial charge in [0.25, 0.3) is 0 Å². The number of nitrogens with one attached hydrogen (secondary N) is 1. The Balaban J connectivity index is 3.25. The van der Waals surface area contributed by atoms with Gasteiger partial charge in [-0.15, -0.1) is 0 Å². The molecule has 0 heterocycles. The summed E-state index contributed by atoms with van der Waals surface area (Å²) in [5, 5.41) is 12.8. The minimum atomic E-state index is 0.167. The van der Waals surface area contributed by atoms with E-state index in [1.54, 1.807) is 0 Å². The van der Waals surface area contributed by atoms with Crippen molar-refractivity contribution in [3.05, 3.63) is 0 Å². The second-order valence-corrected chi connectivity index (χ2v) is 7.96. The van der Waals surface area contributed by atoms with Crippen molar-refractivity contribution >= 4 is 17.3 Å². The molecule has 0 saturated carbocycles. The van der Waals surface area contributed by atoms with Gasteiger partial charge >= 0.3 is 0 Å². The molecule has 0 aliphatic rings. The number of aliphatic hydroxyl groups is 1. The van der Waals surface area contributed by atoms with E-state index in [-0.39, 0.29) is 6.61 Å². The van der Waals surface area contributed by atoms with Gasteiger partial charge in [0.15, 0.2) is 5.11 Å². The van der Waals surface area contributed by atoms with E-state index >= 15 is 0 Å². The van der Waals surface area contributed by atoms with Crippen LogP contribution in [0.3, 0.4) is 0 Å². The Morgan fingerprint density at radius 1 is 0.692 bits per heavy atom. The zero-order chi connectivity index (χ0) is 19.3. The molecule has 4 heteroatoms. The van der Waals surface area contributed by atoms with Gasteiger partial charge < -0.3 is 15.3 Å². The Bertz CT molecular complexity index is 300. The Morgan fingerprint density at radius 3 is 1.42 bits per heavy atom. The molecule has 0 spiro atoms. The summed E-state index contributed by atoms with van der Waals surface area (Å²) in [7, 11) is 1.85. The molecular weight excluding hydrogens is 340 g/mol. The minimum absolute atomic E-state index is 0.167. The topological polar surface area (TPSA) is 35.5 Å². The molecule has 2 N–H and O–H groups in total. The SMILES string of the molecule is CCCCCCCCCCCCCCCCCCN(CCO)C(=S)NC. The van der Waals surface area contributed by atoms with Gasteiger partial charge in [-0.2, -0.15) is 0 Å². The molecular formula is C22H46N2OS. The van der Waals surface area contributed by atoms with Crippen molar-refractivity contribution in [3.63, 3.8) is 0 Å². The third kappa shape index (κ3) is 17.1. The van der Waals surface area contributed by atoms with Crippen molar-refractivity contribution in [3.8, 4) is 0 Å². The summed E-state index contributed by atoms with van der Waals surface area (Å²) < 4.78 is 0. The standard InChI is InChI=1S/C22H46N2OS/c1-3-4-5-6-7-8-9-10-11-12-13-14-15-16-17-18-19-24(20-21-25)22(26)23-2/h25H,3-21H2,1-2H3,(H,23,26). The van der Waals surface area contributed by atoms with Crippen LogP contribution in [0.4, 0.5) is 0 Å². The van der Waals surface area contributed by atoms with E-state index < -0.39 is 0 Å². The molecule has 156 valence electrons. The smallest absolute Gasteiger partial charge is 0.168 e. The van der Waals surface area contributed by atoms with Gasteiger partial charge in [-0.1, -0.05) is 103 Å². The highest BCUT2D eigenvalue weighted by molar-refractivity contribution is 7.80. The number of rotatable bonds is 19. The number of thiocarbonyl (C=S) groups is 1. The summed E-state index contributed by atoms with van der Waals surface area (Å²) in [5.41, 5.74) is 0. The second kappa shape index (κ2) is 21.0. The van der Waals surface area contributed by atoms with Gasteiger partial charge in [-0.3, -0.25) is 0 Å². The second-order valence-electron chi connectivity index (χ2n) is 7.57. The molecule has 0 aromatic rings. The van der Waals surface area contributed by atoms with E-state index in [1.165, 1.54) is 103 Å². The highest BCUT2D eigenvalue weighted by atomic mass is 32.1. The molecule has 3 nitrogen and oxygen atoms in total. The average Bonchev–Trinajstić information content (AvgIpc) is 2.66. The number of aliphatic hydroxyl groups excluding tert-OH is 1. The molecule has 0 aromatic carbocycles. The van der Waals surface area contributed by atoms with Crippen molar-refractivity contribution in [2.75, 3.05) is 26.7 Å². The highest BCUT2D eigenvalue weighted by Gasteiger charge is 2.06. The first-order valence-electron chi connectivity index (χ1n) is 11.3. The van der Waals surface area contributed by atoms with Crippen LogP contribution >= 0.6 is 12.2 Å². The number of hydrogen-bond donors (Lipinski definition) is 2. The molecule has 0 atom stereocenters. The molecule has 0 fully saturated rings. The Hall–Kier alpha value is -0.350. The summed E-state index contributed by atoms with van der Waals surface area (Å²) in [5.74, 6) is 0. The van der Waals surface area contributed by atoms with E-state index in [0.29, 0.717) is 6.54 Å². The van der Waals surface area contributed by atoms with Crippen LogP contribution in [0.25, 0.3) is 0 Å². The van der Waals surface area contributed by atoms with Crippen molar-refractivity contribution in [2.45, 2.75) is 110 Å². The van der Waals surface area contributed by atoms with Crippen molar-refractivity contribution in [1.29, 1.82) is 0 Å². The largest absolute Gasteiger partial charge is 0.395 e. The normalized spacial score (nSPS) is 10.9. The van der Waals surface area contributed by atoms with Gasteiger partial charge in [-0.05, 0) is 18.6 Å². The third-order valence-corrected chi connectivity index (χ3v) is 5.61. The zero-order valence-electron chi connectivity index (χ0n) is 17.7. The molecule has 0 saturated heterocycles. The van der Waals surface area contributed by atoms with Crippen LogP contribution in [0.1, 0.15) is 110 Å². The van der Waals surface area contributed by atoms with Crippen LogP contribution in [0.15, 0.2) is 0 Å². The van der Waals surface area contributed by atoms with Gasteiger partial charge in [0.05, 0.1) is 6.61 Å². The number of hydrogen-bond acceptors (Lipinski definition) is 2. The predicted octanol–water partition coefficient (Wildman–Crippen LogP) is 6.05. The van der Waals surface area contributed by atoms with Crippen molar-refractivity contribution in [1.82, 2.24) is 10.2 Å². The lowest BCUT2D eigenvalue weighted by Crippen LogP contribution is -2.40. The molecule has 26 heavy (non-hydrogen) atoms. The van der Waals surface area contributed by atoms with Gasteiger partial charge in [0, 0.05) is 20.1 Å². The molecule has 0 bridgehead atoms. The van der Waals surface area contributed by atoms with Crippen LogP contribution in [0.2, 0.25) is 0 Å². The molecule has 0 rings (SSSR count). The van der Waals surface area contributed by atoms with Crippen molar-refractivity contribution < 1.29 is 5.11 Å². The first-order valence-corrected chi connectivity index (χ1v) is 11.7. The van der Waals surface area contributed by atoms with Crippen molar-refractivity contribution in [2.24, 2.45) is 0 Å². The van der Waals surface area contributed by atoms with Gasteiger partial charge in [-0.25, -0.2) is 0 Å². The lowest BCUT2D eigenvalue weighted by molar-refractivity contribution is 0.246. The maximum absolute atomic E-state index is 9.09. The van der Waals surface area contributed by atoms with Crippen LogP contribution in [-0.2, 0) is 0 Å². The quantitative estimate of drug-likeness (QED) is 0.209. The molecule has 0 aliphatic carbocycles. The maximum atomic E-state index is 9.09. The number of nitrogens with zero attached hydrogens (tertiary/aromatic N) is 1. The fourth-order valence-electron chi connectivity index (χ4n) is 3.44. The third-order valence-electron chi connectivity index (χ3n) is 5.15. The predicted molar refractivity (Wildman–Crippen MR) is 120 cm³/mol. The summed E-state index contributed by atoms with van der Waals surface area (Å²) >= 11 is 5.26. The van der Waals surface area contributed by atoms with E-state index in [2.05, 4.69) is 17.1 Å². The fraction of sp³-hybridized carbons (Fsp3) is 0.955. The number of unbranched alkanes of at least 4 members (excludes halogenated alkanes) is 15. The monoisotopic (exact) mass is 386 g/mol. The van der Waals surface area contributed by atoms with Crippen LogP contribution in [0.5, 0.6) is 0 Å². The summed E-state index contributed by atoms with van der Waals surface area (Å²) in [6.45, 7) is 4.05. The summed E-state index contributed by atoms with van der Waals surface area (Å²) in [4.78, 5) is 2.07. The minimum Gasteiger partial charge on any atom is -0.395 e. The van der Waals surface area contributed by atoms with E-state index in [9.17, 15) is 0 Å². The summed E-state index contributed by atoms with van der Waals surface area (Å²) in [6, 6.07) is 0. The maximum Gasteiger partial charge on any atom is 0.168 e. The lowest BCUT2D eigenvalue weighted by atomic mass is 10.0. The van der Waals surface area contributed by atoms with E-state index in [4.69, 9.17) is 17.3 Å². The molecule has 0 amide bonds. The van der Waals surface area contributed by atoms with Crippen LogP contribution in [-0.4, -0.2) is 41.9 Å². The zero-order valence-corrected chi connectivity index (χ0v) is 18.6. The molecule has 0 radical (unpaired) electrons. The molecule has 0 aliphatic heterocycles. The Morgan fingerprint density at radius 2 is 1.08 bits per heavy atom. The van der Waals surface area contributed by atoms with Gasteiger partial charge in [0.1, 0.15) is 0 Å². The first kappa shape index (κ1) is 25.6. The fourth-order valence-corrected chi connectivity index (χ4v) is 3.63. The van der Waals surface area contributed by atoms with E-state index in [1.807, 2.05) is 7.05 Å². The Labute approximate surface area is 169 Å². The van der Waals surface area contributed by atoms with Gasteiger partial charge in [0.2, 0.25) is 0 Å². The average molecular weight is 387 g/mol. The van der Waals surface area contributed by atoms with Crippen LogP contribution in [0, 0.1) is 0 Å². The molecule has 0 unspecified atom stereocenters. The Kier molecular flexibility index (Phi) is 20.7. The molecule has 0 aromatic heterocycles.